The van der Waals surface area contributed by atoms with Crippen molar-refractivity contribution in [3.63, 3.8) is 0 Å². The van der Waals surface area contributed by atoms with Gasteiger partial charge in [0.25, 0.3) is 6.47 Å². The summed E-state index contributed by atoms with van der Waals surface area (Å²) in [7, 11) is 1.88. The number of nitrogens with one attached hydrogen (secondary N) is 1. The lowest BCUT2D eigenvalue weighted by molar-refractivity contribution is -0.120. The fourth-order valence-electron chi connectivity index (χ4n) is 2.16. The van der Waals surface area contributed by atoms with Crippen LogP contribution >= 0.6 is 0 Å². The van der Waals surface area contributed by atoms with Crippen molar-refractivity contribution in [1.29, 1.82) is 0 Å². The fraction of sp³-hybridized carbons (Fsp3) is 0.211. The summed E-state index contributed by atoms with van der Waals surface area (Å²) in [5, 5.41) is 3.08. The maximum absolute atomic E-state index is 10.7. The van der Waals surface area contributed by atoms with Gasteiger partial charge in [-0.05, 0) is 49.2 Å². The lowest BCUT2D eigenvalue weighted by atomic mass is 10.1. The molecule has 0 aliphatic rings. The molecule has 4 heteroatoms. The number of ether oxygens (including phenoxy) is 2. The zero-order chi connectivity index (χ0) is 16.7. The van der Waals surface area contributed by atoms with Gasteiger partial charge >= 0.3 is 0 Å². The van der Waals surface area contributed by atoms with Crippen LogP contribution in [-0.4, -0.2) is 13.5 Å². The van der Waals surface area contributed by atoms with E-state index in [0.29, 0.717) is 24.6 Å². The summed E-state index contributed by atoms with van der Waals surface area (Å²) >= 11 is 0. The highest BCUT2D eigenvalue weighted by atomic mass is 16.5. The molecule has 0 saturated carbocycles. The van der Waals surface area contributed by atoms with Gasteiger partial charge in [0.1, 0.15) is 18.1 Å². The topological polar surface area (TPSA) is 47.6 Å². The van der Waals surface area contributed by atoms with Crippen LogP contribution in [0.2, 0.25) is 0 Å². The molecule has 0 bridgehead atoms. The van der Waals surface area contributed by atoms with Gasteiger partial charge in [-0.25, -0.2) is 0 Å². The van der Waals surface area contributed by atoms with Crippen LogP contribution in [0.25, 0.3) is 5.57 Å². The highest BCUT2D eigenvalue weighted by molar-refractivity contribution is 5.71. The second-order valence-electron chi connectivity index (χ2n) is 5.08. The third kappa shape index (κ3) is 4.36. The van der Waals surface area contributed by atoms with E-state index in [2.05, 4.69) is 5.32 Å². The molecule has 120 valence electrons. The van der Waals surface area contributed by atoms with Gasteiger partial charge in [0, 0.05) is 24.4 Å². The van der Waals surface area contributed by atoms with Crippen LogP contribution in [0.15, 0.2) is 48.5 Å². The molecular formula is C19H21NO3. The molecule has 0 heterocycles. The standard InChI is InChI=1S/C19H21NO3/c1-4-14(2)18-10-9-17(11-19(18)23-13-21)22-12-15-5-7-16(20-3)8-6-15/h4-11,13,20H,12H2,1-3H3/b14-4-. The molecule has 0 spiro atoms. The molecule has 0 unspecified atom stereocenters. The Morgan fingerprint density at radius 3 is 2.52 bits per heavy atom. The third-order valence-electron chi connectivity index (χ3n) is 3.63. The summed E-state index contributed by atoms with van der Waals surface area (Å²) in [6.45, 7) is 4.80. The van der Waals surface area contributed by atoms with Crippen molar-refractivity contribution in [2.45, 2.75) is 20.5 Å². The highest BCUT2D eigenvalue weighted by Crippen LogP contribution is 2.30. The van der Waals surface area contributed by atoms with E-state index >= 15 is 0 Å². The number of benzene rings is 2. The van der Waals surface area contributed by atoms with Gasteiger partial charge in [0.2, 0.25) is 0 Å². The van der Waals surface area contributed by atoms with Crippen molar-refractivity contribution in [2.75, 3.05) is 12.4 Å². The molecule has 0 radical (unpaired) electrons. The van der Waals surface area contributed by atoms with Crippen molar-refractivity contribution >= 4 is 17.7 Å². The first-order chi connectivity index (χ1) is 11.2. The predicted molar refractivity (Wildman–Crippen MR) is 92.8 cm³/mol. The number of anilines is 1. The molecule has 2 rings (SSSR count). The lowest BCUT2D eigenvalue weighted by Gasteiger charge is -2.12. The summed E-state index contributed by atoms with van der Waals surface area (Å²) in [5.74, 6) is 1.16. The fourth-order valence-corrected chi connectivity index (χ4v) is 2.16. The molecule has 0 saturated heterocycles. The summed E-state index contributed by atoms with van der Waals surface area (Å²) in [6.07, 6.45) is 1.97. The predicted octanol–water partition coefficient (Wildman–Crippen LogP) is 4.27. The van der Waals surface area contributed by atoms with Crippen LogP contribution in [0.1, 0.15) is 25.0 Å². The van der Waals surface area contributed by atoms with Crippen molar-refractivity contribution in [2.24, 2.45) is 0 Å². The van der Waals surface area contributed by atoms with E-state index in [1.807, 2.05) is 63.4 Å². The third-order valence-corrected chi connectivity index (χ3v) is 3.63. The second-order valence-corrected chi connectivity index (χ2v) is 5.08. The molecule has 0 fully saturated rings. The van der Waals surface area contributed by atoms with Crippen molar-refractivity contribution in [1.82, 2.24) is 0 Å². The van der Waals surface area contributed by atoms with Gasteiger partial charge in [0.05, 0.1) is 0 Å². The molecule has 0 atom stereocenters. The summed E-state index contributed by atoms with van der Waals surface area (Å²) in [5.41, 5.74) is 4.04. The normalized spacial score (nSPS) is 11.0. The second kappa shape index (κ2) is 8.03. The number of hydrogen-bond donors (Lipinski definition) is 1. The highest BCUT2D eigenvalue weighted by Gasteiger charge is 2.08. The lowest BCUT2D eigenvalue weighted by Crippen LogP contribution is -1.98. The first kappa shape index (κ1) is 16.6. The average Bonchev–Trinajstić information content (AvgIpc) is 2.60. The van der Waals surface area contributed by atoms with Crippen LogP contribution in [0, 0.1) is 0 Å². The Hall–Kier alpha value is -2.75. The zero-order valence-corrected chi connectivity index (χ0v) is 13.6. The average molecular weight is 311 g/mol. The molecule has 1 N–H and O–H groups in total. The van der Waals surface area contributed by atoms with Crippen LogP contribution in [0.4, 0.5) is 5.69 Å². The molecule has 0 aliphatic carbocycles. The van der Waals surface area contributed by atoms with E-state index in [9.17, 15) is 4.79 Å². The molecule has 4 nitrogen and oxygen atoms in total. The summed E-state index contributed by atoms with van der Waals surface area (Å²) < 4.78 is 10.9. The summed E-state index contributed by atoms with van der Waals surface area (Å²) in [4.78, 5) is 10.7. The van der Waals surface area contributed by atoms with Gasteiger partial charge in [-0.1, -0.05) is 18.2 Å². The van der Waals surface area contributed by atoms with Crippen molar-refractivity contribution in [3.8, 4) is 11.5 Å². The monoisotopic (exact) mass is 311 g/mol. The van der Waals surface area contributed by atoms with Crippen molar-refractivity contribution < 1.29 is 14.3 Å². The Kier molecular flexibility index (Phi) is 5.80. The van der Waals surface area contributed by atoms with Crippen LogP contribution in [0.5, 0.6) is 11.5 Å². The van der Waals surface area contributed by atoms with E-state index in [0.717, 1.165) is 22.4 Å². The Balaban J connectivity index is 2.13. The minimum Gasteiger partial charge on any atom is -0.489 e. The van der Waals surface area contributed by atoms with E-state index < -0.39 is 0 Å². The van der Waals surface area contributed by atoms with Gasteiger partial charge in [-0.3, -0.25) is 4.79 Å². The minimum atomic E-state index is 0.433. The minimum absolute atomic E-state index is 0.433. The number of rotatable bonds is 7. The number of carbonyl (C=O) groups is 1. The van der Waals surface area contributed by atoms with Crippen LogP contribution < -0.4 is 14.8 Å². The largest absolute Gasteiger partial charge is 0.489 e. The van der Waals surface area contributed by atoms with Crippen LogP contribution in [0.3, 0.4) is 0 Å². The van der Waals surface area contributed by atoms with Crippen molar-refractivity contribution in [3.05, 3.63) is 59.7 Å². The Morgan fingerprint density at radius 1 is 1.17 bits per heavy atom. The van der Waals surface area contributed by atoms with Gasteiger partial charge in [-0.2, -0.15) is 0 Å². The smallest absolute Gasteiger partial charge is 0.298 e. The first-order valence-corrected chi connectivity index (χ1v) is 7.45. The Labute approximate surface area is 136 Å². The quantitative estimate of drug-likeness (QED) is 0.776. The maximum atomic E-state index is 10.7. The van der Waals surface area contributed by atoms with E-state index in [-0.39, 0.29) is 0 Å². The molecule has 2 aromatic carbocycles. The van der Waals surface area contributed by atoms with E-state index in [1.165, 1.54) is 0 Å². The van der Waals surface area contributed by atoms with Gasteiger partial charge in [0.15, 0.2) is 0 Å². The van der Waals surface area contributed by atoms with Gasteiger partial charge in [-0.15, -0.1) is 0 Å². The molecule has 0 aromatic heterocycles. The zero-order valence-electron chi connectivity index (χ0n) is 13.6. The molecule has 23 heavy (non-hydrogen) atoms. The van der Waals surface area contributed by atoms with Gasteiger partial charge < -0.3 is 14.8 Å². The molecule has 0 amide bonds. The summed E-state index contributed by atoms with van der Waals surface area (Å²) in [6, 6.07) is 13.5. The maximum Gasteiger partial charge on any atom is 0.298 e. The molecular weight excluding hydrogens is 290 g/mol. The number of carbonyl (C=O) groups excluding carboxylic acids is 1. The molecule has 0 aliphatic heterocycles. The number of hydrogen-bond acceptors (Lipinski definition) is 4. The van der Waals surface area contributed by atoms with Crippen LogP contribution in [-0.2, 0) is 11.4 Å². The van der Waals surface area contributed by atoms with E-state index in [4.69, 9.17) is 9.47 Å². The Morgan fingerprint density at radius 2 is 1.91 bits per heavy atom. The Bertz CT molecular complexity index is 690. The van der Waals surface area contributed by atoms with E-state index in [1.54, 1.807) is 6.07 Å². The SMILES string of the molecule is C/C=C(/C)c1ccc(OCc2ccc(NC)cc2)cc1OC=O. The first-order valence-electron chi connectivity index (χ1n) is 7.45. The molecule has 2 aromatic rings. The number of allylic oxidation sites excluding steroid dienone is 2.